The molecule has 9 heteroatoms. The second-order valence-corrected chi connectivity index (χ2v) is 8.73. The van der Waals surface area contributed by atoms with E-state index in [9.17, 15) is 13.2 Å². The number of likely N-dealkylation sites (tertiary alicyclic amines) is 1. The number of aromatic nitrogens is 2. The molecular formula is C20H26N4O4S. The van der Waals surface area contributed by atoms with Crippen LogP contribution in [0.5, 0.6) is 5.88 Å². The van der Waals surface area contributed by atoms with Crippen molar-refractivity contribution in [1.29, 1.82) is 0 Å². The maximum Gasteiger partial charge on any atom is 0.253 e. The van der Waals surface area contributed by atoms with Crippen LogP contribution in [0.15, 0.2) is 47.8 Å². The van der Waals surface area contributed by atoms with Crippen molar-refractivity contribution in [3.8, 4) is 5.88 Å². The molecular weight excluding hydrogens is 392 g/mol. The molecule has 1 amide bonds. The van der Waals surface area contributed by atoms with Crippen molar-refractivity contribution in [2.45, 2.75) is 37.7 Å². The molecule has 0 spiro atoms. The van der Waals surface area contributed by atoms with Crippen LogP contribution >= 0.6 is 0 Å². The molecule has 3 rings (SSSR count). The first-order valence-corrected chi connectivity index (χ1v) is 11.2. The zero-order valence-electron chi connectivity index (χ0n) is 16.7. The number of rotatable bonds is 7. The van der Waals surface area contributed by atoms with Crippen molar-refractivity contribution in [2.24, 2.45) is 0 Å². The summed E-state index contributed by atoms with van der Waals surface area (Å²) >= 11 is 0. The molecule has 0 aliphatic carbocycles. The molecule has 1 unspecified atom stereocenters. The van der Waals surface area contributed by atoms with Gasteiger partial charge in [-0.3, -0.25) is 9.78 Å². The maximum absolute atomic E-state index is 12.9. The summed E-state index contributed by atoms with van der Waals surface area (Å²) in [4.78, 5) is 22.9. The van der Waals surface area contributed by atoms with Crippen molar-refractivity contribution < 1.29 is 17.9 Å². The van der Waals surface area contributed by atoms with E-state index in [4.69, 9.17) is 4.74 Å². The normalized spacial score (nSPS) is 17.3. The molecule has 29 heavy (non-hydrogen) atoms. The molecule has 1 fully saturated rings. The van der Waals surface area contributed by atoms with Crippen LogP contribution in [0.25, 0.3) is 0 Å². The van der Waals surface area contributed by atoms with Gasteiger partial charge in [-0.1, -0.05) is 13.8 Å². The number of nitrogens with zero attached hydrogens (tertiary/aromatic N) is 4. The molecule has 1 aliphatic rings. The highest BCUT2D eigenvalue weighted by Crippen LogP contribution is 2.20. The fourth-order valence-electron chi connectivity index (χ4n) is 3.40. The van der Waals surface area contributed by atoms with Crippen LogP contribution in [0.3, 0.4) is 0 Å². The number of ether oxygens (including phenoxy) is 1. The number of carbonyl (C=O) groups excluding carboxylic acids is 1. The summed E-state index contributed by atoms with van der Waals surface area (Å²) in [5.41, 5.74) is 0.462. The van der Waals surface area contributed by atoms with Crippen molar-refractivity contribution in [2.75, 3.05) is 26.2 Å². The molecule has 1 atom stereocenters. The van der Waals surface area contributed by atoms with Gasteiger partial charge in [0.1, 0.15) is 6.10 Å². The van der Waals surface area contributed by atoms with E-state index in [0.717, 1.165) is 12.8 Å². The fraction of sp³-hybridized carbons (Fsp3) is 0.450. The SMILES string of the molecule is CCN(CC)S(=O)(=O)c1ccc(C(=O)N2CCCC(Oc3cnccn3)C2)cc1. The number of hydrogen-bond acceptors (Lipinski definition) is 6. The first kappa shape index (κ1) is 21.2. The quantitative estimate of drug-likeness (QED) is 0.684. The van der Waals surface area contributed by atoms with Crippen LogP contribution in [0.4, 0.5) is 0 Å². The van der Waals surface area contributed by atoms with Crippen molar-refractivity contribution in [3.05, 3.63) is 48.4 Å². The standard InChI is InChI=1S/C20H26N4O4S/c1-3-24(4-2)29(26,27)18-9-7-16(8-10-18)20(25)23-13-5-6-17(15-23)28-19-14-21-11-12-22-19/h7-12,14,17H,3-6,13,15H2,1-2H3. The van der Waals surface area contributed by atoms with Crippen LogP contribution in [-0.4, -0.2) is 65.8 Å². The van der Waals surface area contributed by atoms with Gasteiger partial charge < -0.3 is 9.64 Å². The summed E-state index contributed by atoms with van der Waals surface area (Å²) in [6.45, 7) is 5.50. The fourth-order valence-corrected chi connectivity index (χ4v) is 4.86. The zero-order valence-corrected chi connectivity index (χ0v) is 17.5. The van der Waals surface area contributed by atoms with Gasteiger partial charge in [0.25, 0.3) is 5.91 Å². The van der Waals surface area contributed by atoms with E-state index in [2.05, 4.69) is 9.97 Å². The number of carbonyl (C=O) groups is 1. The first-order valence-electron chi connectivity index (χ1n) is 9.77. The topological polar surface area (TPSA) is 92.7 Å². The molecule has 1 saturated heterocycles. The molecule has 156 valence electrons. The van der Waals surface area contributed by atoms with E-state index in [-0.39, 0.29) is 16.9 Å². The molecule has 8 nitrogen and oxygen atoms in total. The zero-order chi connectivity index (χ0) is 20.9. The molecule has 0 N–H and O–H groups in total. The van der Waals surface area contributed by atoms with Gasteiger partial charge in [-0.15, -0.1) is 0 Å². The second-order valence-electron chi connectivity index (χ2n) is 6.79. The molecule has 2 aromatic rings. The minimum absolute atomic E-state index is 0.135. The minimum atomic E-state index is -3.54. The summed E-state index contributed by atoms with van der Waals surface area (Å²) < 4.78 is 32.4. The maximum atomic E-state index is 12.9. The van der Waals surface area contributed by atoms with Gasteiger partial charge in [-0.2, -0.15) is 4.31 Å². The van der Waals surface area contributed by atoms with Crippen LogP contribution in [0.1, 0.15) is 37.0 Å². The molecule has 0 bridgehead atoms. The molecule has 1 aromatic carbocycles. The van der Waals surface area contributed by atoms with Crippen molar-refractivity contribution in [3.63, 3.8) is 0 Å². The predicted molar refractivity (Wildman–Crippen MR) is 108 cm³/mol. The van der Waals surface area contributed by atoms with E-state index >= 15 is 0 Å². The van der Waals surface area contributed by atoms with Gasteiger partial charge in [0.15, 0.2) is 0 Å². The average molecular weight is 419 g/mol. The summed E-state index contributed by atoms with van der Waals surface area (Å²) in [5.74, 6) is 0.307. The third-order valence-corrected chi connectivity index (χ3v) is 7.00. The Labute approximate surface area is 171 Å². The van der Waals surface area contributed by atoms with Gasteiger partial charge in [-0.25, -0.2) is 13.4 Å². The lowest BCUT2D eigenvalue weighted by molar-refractivity contribution is 0.0527. The number of amides is 1. The summed E-state index contributed by atoms with van der Waals surface area (Å²) in [5, 5.41) is 0. The first-order chi connectivity index (χ1) is 14.0. The van der Waals surface area contributed by atoms with Crippen LogP contribution in [0, 0.1) is 0 Å². The van der Waals surface area contributed by atoms with Crippen LogP contribution in [-0.2, 0) is 10.0 Å². The van der Waals surface area contributed by atoms with Gasteiger partial charge in [0.05, 0.1) is 17.6 Å². The highest BCUT2D eigenvalue weighted by Gasteiger charge is 2.27. The lowest BCUT2D eigenvalue weighted by Crippen LogP contribution is -2.44. The minimum Gasteiger partial charge on any atom is -0.471 e. The van der Waals surface area contributed by atoms with Crippen molar-refractivity contribution in [1.82, 2.24) is 19.2 Å². The Morgan fingerprint density at radius 1 is 1.21 bits per heavy atom. The highest BCUT2D eigenvalue weighted by molar-refractivity contribution is 7.89. The molecule has 0 radical (unpaired) electrons. The average Bonchev–Trinajstić information content (AvgIpc) is 2.75. The predicted octanol–water partition coefficient (Wildman–Crippen LogP) is 2.19. The van der Waals surface area contributed by atoms with Gasteiger partial charge in [0.2, 0.25) is 15.9 Å². The smallest absolute Gasteiger partial charge is 0.253 e. The largest absolute Gasteiger partial charge is 0.471 e. The lowest BCUT2D eigenvalue weighted by atomic mass is 10.1. The Kier molecular flexibility index (Phi) is 6.81. The van der Waals surface area contributed by atoms with Gasteiger partial charge in [-0.05, 0) is 37.1 Å². The molecule has 2 heterocycles. The van der Waals surface area contributed by atoms with E-state index in [0.29, 0.717) is 37.6 Å². The Bertz CT molecular complexity index is 915. The molecule has 1 aliphatic heterocycles. The highest BCUT2D eigenvalue weighted by atomic mass is 32.2. The number of benzene rings is 1. The summed E-state index contributed by atoms with van der Waals surface area (Å²) in [7, 11) is -3.54. The lowest BCUT2D eigenvalue weighted by Gasteiger charge is -2.32. The monoisotopic (exact) mass is 418 g/mol. The van der Waals surface area contributed by atoms with Crippen molar-refractivity contribution >= 4 is 15.9 Å². The molecule has 1 aromatic heterocycles. The second kappa shape index (κ2) is 9.32. The number of piperidine rings is 1. The molecule has 0 saturated carbocycles. The Hall–Kier alpha value is -2.52. The van der Waals surface area contributed by atoms with E-state index in [1.54, 1.807) is 49.5 Å². The number of hydrogen-bond donors (Lipinski definition) is 0. The summed E-state index contributed by atoms with van der Waals surface area (Å²) in [6.07, 6.45) is 6.21. The van der Waals surface area contributed by atoms with E-state index < -0.39 is 10.0 Å². The Morgan fingerprint density at radius 2 is 1.93 bits per heavy atom. The Morgan fingerprint density at radius 3 is 2.55 bits per heavy atom. The van der Waals surface area contributed by atoms with Gasteiger partial charge >= 0.3 is 0 Å². The third-order valence-electron chi connectivity index (χ3n) is 4.94. The third kappa shape index (κ3) is 4.91. The van der Waals surface area contributed by atoms with Crippen LogP contribution < -0.4 is 4.74 Å². The van der Waals surface area contributed by atoms with Crippen LogP contribution in [0.2, 0.25) is 0 Å². The number of sulfonamides is 1. The summed E-state index contributed by atoms with van der Waals surface area (Å²) in [6, 6.07) is 6.15. The van der Waals surface area contributed by atoms with E-state index in [1.165, 1.54) is 16.4 Å². The van der Waals surface area contributed by atoms with E-state index in [1.807, 2.05) is 0 Å². The Balaban J connectivity index is 1.68. The van der Waals surface area contributed by atoms with Gasteiger partial charge in [0, 0.05) is 37.6 Å².